The fourth-order valence-electron chi connectivity index (χ4n) is 3.05. The van der Waals surface area contributed by atoms with Gasteiger partial charge >= 0.3 is 12.0 Å². The molecule has 2 aromatic carbocycles. The van der Waals surface area contributed by atoms with E-state index < -0.39 is 11.9 Å². The van der Waals surface area contributed by atoms with Crippen molar-refractivity contribution in [1.82, 2.24) is 4.90 Å². The van der Waals surface area contributed by atoms with E-state index in [0.717, 1.165) is 0 Å². The molecule has 1 fully saturated rings. The summed E-state index contributed by atoms with van der Waals surface area (Å²) in [5, 5.41) is 3.35. The molecular formula is C21H21ClN2O4. The van der Waals surface area contributed by atoms with Gasteiger partial charge in [0.1, 0.15) is 0 Å². The fourth-order valence-corrected chi connectivity index (χ4v) is 3.18. The van der Waals surface area contributed by atoms with Crippen LogP contribution in [0.5, 0.6) is 0 Å². The zero-order valence-electron chi connectivity index (χ0n) is 15.3. The smallest absolute Gasteiger partial charge is 0.321 e. The van der Waals surface area contributed by atoms with Gasteiger partial charge in [0.2, 0.25) is 0 Å². The molecule has 0 aromatic heterocycles. The maximum Gasteiger partial charge on any atom is 0.321 e. The van der Waals surface area contributed by atoms with E-state index in [1.807, 2.05) is 18.2 Å². The number of benzene rings is 2. The van der Waals surface area contributed by atoms with E-state index in [9.17, 15) is 14.4 Å². The number of hydrogen-bond donors (Lipinski definition) is 1. The number of ketones is 1. The van der Waals surface area contributed by atoms with Crippen LogP contribution in [-0.4, -0.2) is 42.4 Å². The highest BCUT2D eigenvalue weighted by Crippen LogP contribution is 2.19. The molecule has 2 amide bonds. The number of carbonyl (C=O) groups excluding carboxylic acids is 3. The van der Waals surface area contributed by atoms with E-state index in [1.54, 1.807) is 41.3 Å². The van der Waals surface area contributed by atoms with Crippen LogP contribution in [0.4, 0.5) is 10.5 Å². The quantitative estimate of drug-likeness (QED) is 0.607. The molecule has 1 aliphatic heterocycles. The zero-order chi connectivity index (χ0) is 19.9. The van der Waals surface area contributed by atoms with Crippen LogP contribution in [0.3, 0.4) is 0 Å². The van der Waals surface area contributed by atoms with Gasteiger partial charge in [0.05, 0.1) is 5.92 Å². The SMILES string of the molecule is O=C(COC(=O)C1CCCN(C(=O)Nc2ccccc2)C1)c1ccc(Cl)cc1. The van der Waals surface area contributed by atoms with Gasteiger partial charge in [0.15, 0.2) is 12.4 Å². The summed E-state index contributed by atoms with van der Waals surface area (Å²) in [6.45, 7) is 0.520. The molecule has 1 atom stereocenters. The van der Waals surface area contributed by atoms with Crippen LogP contribution in [0, 0.1) is 5.92 Å². The Morgan fingerprint density at radius 2 is 1.79 bits per heavy atom. The summed E-state index contributed by atoms with van der Waals surface area (Å²) in [5.41, 5.74) is 1.13. The van der Waals surface area contributed by atoms with Crippen LogP contribution in [0.25, 0.3) is 0 Å². The number of rotatable bonds is 5. The first-order valence-electron chi connectivity index (χ1n) is 9.09. The van der Waals surface area contributed by atoms with Gasteiger partial charge in [-0.2, -0.15) is 0 Å². The van der Waals surface area contributed by atoms with Crippen molar-refractivity contribution in [1.29, 1.82) is 0 Å². The molecule has 1 heterocycles. The molecule has 0 aliphatic carbocycles. The molecule has 3 rings (SSSR count). The van der Waals surface area contributed by atoms with Crippen LogP contribution in [0.1, 0.15) is 23.2 Å². The number of anilines is 1. The van der Waals surface area contributed by atoms with Crippen molar-refractivity contribution in [2.24, 2.45) is 5.92 Å². The number of nitrogens with zero attached hydrogens (tertiary/aromatic N) is 1. The summed E-state index contributed by atoms with van der Waals surface area (Å²) in [4.78, 5) is 38.5. The number of esters is 1. The number of likely N-dealkylation sites (tertiary alicyclic amines) is 1. The van der Waals surface area contributed by atoms with Crippen LogP contribution in [-0.2, 0) is 9.53 Å². The first-order chi connectivity index (χ1) is 13.5. The number of amides is 2. The number of nitrogens with one attached hydrogen (secondary N) is 1. The Morgan fingerprint density at radius 1 is 1.07 bits per heavy atom. The van der Waals surface area contributed by atoms with E-state index in [0.29, 0.717) is 35.7 Å². The third-order valence-electron chi connectivity index (χ3n) is 4.58. The molecule has 146 valence electrons. The highest BCUT2D eigenvalue weighted by molar-refractivity contribution is 6.30. The van der Waals surface area contributed by atoms with Crippen molar-refractivity contribution in [3.63, 3.8) is 0 Å². The average molecular weight is 401 g/mol. The molecule has 0 radical (unpaired) electrons. The number of carbonyl (C=O) groups is 3. The molecule has 1 saturated heterocycles. The second kappa shape index (κ2) is 9.37. The van der Waals surface area contributed by atoms with E-state index in [-0.39, 0.29) is 25.0 Å². The number of hydrogen-bond acceptors (Lipinski definition) is 4. The van der Waals surface area contributed by atoms with Crippen molar-refractivity contribution < 1.29 is 19.1 Å². The number of para-hydroxylation sites is 1. The highest BCUT2D eigenvalue weighted by atomic mass is 35.5. The number of Topliss-reactive ketones (excluding diaryl/α,β-unsaturated/α-hetero) is 1. The first kappa shape index (κ1) is 19.9. The highest BCUT2D eigenvalue weighted by Gasteiger charge is 2.30. The molecule has 0 spiro atoms. The third-order valence-corrected chi connectivity index (χ3v) is 4.83. The van der Waals surface area contributed by atoms with Crippen molar-refractivity contribution in [3.8, 4) is 0 Å². The Kier molecular flexibility index (Phi) is 6.66. The monoisotopic (exact) mass is 400 g/mol. The summed E-state index contributed by atoms with van der Waals surface area (Å²) in [6, 6.07) is 15.3. The standard InChI is InChI=1S/C21H21ClN2O4/c22-17-10-8-15(9-11-17)19(25)14-28-20(26)16-5-4-12-24(13-16)21(27)23-18-6-2-1-3-7-18/h1-3,6-11,16H,4-5,12-14H2,(H,23,27). The first-order valence-corrected chi connectivity index (χ1v) is 9.47. The summed E-state index contributed by atoms with van der Waals surface area (Å²) >= 11 is 5.80. The minimum atomic E-state index is -0.459. The lowest BCUT2D eigenvalue weighted by molar-refractivity contribution is -0.148. The van der Waals surface area contributed by atoms with Crippen LogP contribution < -0.4 is 5.32 Å². The second-order valence-corrected chi connectivity index (χ2v) is 7.06. The summed E-state index contributed by atoms with van der Waals surface area (Å²) in [6.07, 6.45) is 1.33. The van der Waals surface area contributed by atoms with Crippen LogP contribution in [0.2, 0.25) is 5.02 Å². The van der Waals surface area contributed by atoms with Gasteiger partial charge in [-0.3, -0.25) is 9.59 Å². The van der Waals surface area contributed by atoms with Gasteiger partial charge in [0.25, 0.3) is 0 Å². The Bertz CT molecular complexity index is 839. The van der Waals surface area contributed by atoms with Gasteiger partial charge in [-0.25, -0.2) is 4.79 Å². The molecule has 28 heavy (non-hydrogen) atoms. The minimum absolute atomic E-state index is 0.249. The Morgan fingerprint density at radius 3 is 2.50 bits per heavy atom. The molecule has 1 aliphatic rings. The lowest BCUT2D eigenvalue weighted by Crippen LogP contribution is -2.44. The molecule has 0 saturated carbocycles. The van der Waals surface area contributed by atoms with Gasteiger partial charge < -0.3 is 15.0 Å². The van der Waals surface area contributed by atoms with Gasteiger partial charge in [0, 0.05) is 29.4 Å². The van der Waals surface area contributed by atoms with Crippen molar-refractivity contribution >= 4 is 35.1 Å². The van der Waals surface area contributed by atoms with Gasteiger partial charge in [-0.1, -0.05) is 29.8 Å². The maximum atomic E-state index is 12.4. The largest absolute Gasteiger partial charge is 0.457 e. The predicted octanol–water partition coefficient (Wildman–Crippen LogP) is 4.01. The normalized spacial score (nSPS) is 16.3. The van der Waals surface area contributed by atoms with E-state index >= 15 is 0 Å². The summed E-state index contributed by atoms with van der Waals surface area (Å²) < 4.78 is 5.19. The molecule has 1 unspecified atom stereocenters. The summed E-state index contributed by atoms with van der Waals surface area (Å²) in [5.74, 6) is -1.19. The third kappa shape index (κ3) is 5.33. The Balaban J connectivity index is 1.50. The maximum absolute atomic E-state index is 12.4. The lowest BCUT2D eigenvalue weighted by atomic mass is 9.98. The van der Waals surface area contributed by atoms with Crippen molar-refractivity contribution in [2.45, 2.75) is 12.8 Å². The molecular weight excluding hydrogens is 380 g/mol. The van der Waals surface area contributed by atoms with E-state index in [4.69, 9.17) is 16.3 Å². The van der Waals surface area contributed by atoms with E-state index in [1.165, 1.54) is 0 Å². The molecule has 6 nitrogen and oxygen atoms in total. The fraction of sp³-hybridized carbons (Fsp3) is 0.286. The van der Waals surface area contributed by atoms with Crippen LogP contribution in [0.15, 0.2) is 54.6 Å². The number of urea groups is 1. The average Bonchev–Trinajstić information content (AvgIpc) is 2.73. The summed E-state index contributed by atoms with van der Waals surface area (Å²) in [7, 11) is 0. The van der Waals surface area contributed by atoms with Crippen molar-refractivity contribution in [3.05, 3.63) is 65.2 Å². The topological polar surface area (TPSA) is 75.7 Å². The molecule has 7 heteroatoms. The predicted molar refractivity (Wildman–Crippen MR) is 106 cm³/mol. The molecule has 2 aromatic rings. The number of ether oxygens (including phenoxy) is 1. The van der Waals surface area contributed by atoms with Gasteiger partial charge in [-0.15, -0.1) is 0 Å². The Hall–Kier alpha value is -2.86. The van der Waals surface area contributed by atoms with Crippen molar-refractivity contribution in [2.75, 3.05) is 25.0 Å². The molecule has 1 N–H and O–H groups in total. The Labute approximate surface area is 168 Å². The number of halogens is 1. The second-order valence-electron chi connectivity index (χ2n) is 6.62. The van der Waals surface area contributed by atoms with E-state index in [2.05, 4.69) is 5.32 Å². The lowest BCUT2D eigenvalue weighted by Gasteiger charge is -2.31. The minimum Gasteiger partial charge on any atom is -0.457 e. The molecule has 0 bridgehead atoms. The number of piperidine rings is 1. The van der Waals surface area contributed by atoms with Gasteiger partial charge in [-0.05, 0) is 49.2 Å². The van der Waals surface area contributed by atoms with Crippen LogP contribution >= 0.6 is 11.6 Å². The zero-order valence-corrected chi connectivity index (χ0v) is 16.0.